The number of benzene rings is 1. The summed E-state index contributed by atoms with van der Waals surface area (Å²) in [4.78, 5) is 29.1. The third-order valence-corrected chi connectivity index (χ3v) is 4.50. The van der Waals surface area contributed by atoms with Crippen LogP contribution in [0.3, 0.4) is 0 Å². The van der Waals surface area contributed by atoms with E-state index in [4.69, 9.17) is 9.15 Å². The topological polar surface area (TPSA) is 63.0 Å². The number of halogens is 1. The van der Waals surface area contributed by atoms with Crippen molar-refractivity contribution in [1.82, 2.24) is 9.80 Å². The fourth-order valence-corrected chi connectivity index (χ4v) is 3.22. The highest BCUT2D eigenvalue weighted by Crippen LogP contribution is 2.33. The molecule has 134 valence electrons. The zero-order chi connectivity index (χ0) is 18.1. The van der Waals surface area contributed by atoms with Crippen molar-refractivity contribution < 1.29 is 23.1 Å². The summed E-state index contributed by atoms with van der Waals surface area (Å²) in [6.45, 7) is 2.07. The van der Waals surface area contributed by atoms with Gasteiger partial charge in [-0.25, -0.2) is 4.39 Å². The molecule has 0 N–H and O–H groups in total. The van der Waals surface area contributed by atoms with E-state index < -0.39 is 11.7 Å². The van der Waals surface area contributed by atoms with Crippen molar-refractivity contribution >= 4 is 17.4 Å². The Kier molecular flexibility index (Phi) is 4.30. The maximum Gasteiger partial charge on any atom is 0.278 e. The number of furan rings is 1. The predicted octanol–water partition coefficient (Wildman–Crippen LogP) is 2.03. The summed E-state index contributed by atoms with van der Waals surface area (Å²) >= 11 is 0. The SMILES string of the molecule is O=C1C(c2ccc(F)cc2)=C(N2CCOCC2)C(=O)N1Cc1ccco1. The van der Waals surface area contributed by atoms with Gasteiger partial charge in [0.05, 0.1) is 31.6 Å². The summed E-state index contributed by atoms with van der Waals surface area (Å²) in [5, 5.41) is 0. The van der Waals surface area contributed by atoms with E-state index >= 15 is 0 Å². The molecule has 0 atom stereocenters. The molecule has 2 amide bonds. The summed E-state index contributed by atoms with van der Waals surface area (Å²) in [5.74, 6) is -0.646. The van der Waals surface area contributed by atoms with Crippen LogP contribution in [0.25, 0.3) is 5.57 Å². The number of carbonyl (C=O) groups excluding carboxylic acids is 2. The van der Waals surface area contributed by atoms with Crippen molar-refractivity contribution in [3.8, 4) is 0 Å². The molecule has 7 heteroatoms. The monoisotopic (exact) mass is 356 g/mol. The number of ether oxygens (including phenoxy) is 1. The molecule has 0 unspecified atom stereocenters. The quantitative estimate of drug-likeness (QED) is 0.785. The Hall–Kier alpha value is -2.93. The van der Waals surface area contributed by atoms with Crippen LogP contribution < -0.4 is 0 Å². The second kappa shape index (κ2) is 6.76. The van der Waals surface area contributed by atoms with Gasteiger partial charge in [-0.05, 0) is 29.8 Å². The predicted molar refractivity (Wildman–Crippen MR) is 90.0 cm³/mol. The summed E-state index contributed by atoms with van der Waals surface area (Å²) in [6, 6.07) is 9.03. The molecule has 1 aromatic heterocycles. The average molecular weight is 356 g/mol. The Morgan fingerprint density at radius 1 is 1.00 bits per heavy atom. The van der Waals surface area contributed by atoms with Crippen LogP contribution in [0.4, 0.5) is 4.39 Å². The van der Waals surface area contributed by atoms with E-state index in [0.717, 1.165) is 0 Å². The molecule has 0 bridgehead atoms. The second-order valence-electron chi connectivity index (χ2n) is 6.11. The second-order valence-corrected chi connectivity index (χ2v) is 6.11. The van der Waals surface area contributed by atoms with E-state index in [1.54, 1.807) is 12.1 Å². The Labute approximate surface area is 149 Å². The molecule has 2 aliphatic heterocycles. The summed E-state index contributed by atoms with van der Waals surface area (Å²) in [5.41, 5.74) is 1.16. The number of rotatable bonds is 4. The number of nitrogens with zero attached hydrogens (tertiary/aromatic N) is 2. The highest BCUT2D eigenvalue weighted by atomic mass is 19.1. The molecule has 26 heavy (non-hydrogen) atoms. The van der Waals surface area contributed by atoms with Gasteiger partial charge in [0.1, 0.15) is 17.3 Å². The van der Waals surface area contributed by atoms with Crippen LogP contribution in [0, 0.1) is 5.82 Å². The van der Waals surface area contributed by atoms with Crippen LogP contribution in [0.5, 0.6) is 0 Å². The molecule has 1 aromatic carbocycles. The van der Waals surface area contributed by atoms with Crippen molar-refractivity contribution in [3.63, 3.8) is 0 Å². The van der Waals surface area contributed by atoms with Gasteiger partial charge in [-0.2, -0.15) is 0 Å². The zero-order valence-corrected chi connectivity index (χ0v) is 14.0. The van der Waals surface area contributed by atoms with Crippen molar-refractivity contribution in [1.29, 1.82) is 0 Å². The lowest BCUT2D eigenvalue weighted by molar-refractivity contribution is -0.138. The van der Waals surface area contributed by atoms with E-state index in [-0.39, 0.29) is 12.5 Å². The number of hydrogen-bond donors (Lipinski definition) is 0. The molecular formula is C19H17FN2O4. The molecule has 3 heterocycles. The Morgan fingerprint density at radius 3 is 2.38 bits per heavy atom. The van der Waals surface area contributed by atoms with Gasteiger partial charge in [0.25, 0.3) is 11.8 Å². The molecule has 0 aliphatic carbocycles. The molecule has 1 fully saturated rings. The smallest absolute Gasteiger partial charge is 0.278 e. The minimum Gasteiger partial charge on any atom is -0.467 e. The third kappa shape index (κ3) is 2.90. The number of carbonyl (C=O) groups is 2. The minimum atomic E-state index is -0.403. The van der Waals surface area contributed by atoms with Crippen LogP contribution in [-0.4, -0.2) is 47.9 Å². The standard InChI is InChI=1S/C19H17FN2O4/c20-14-5-3-13(4-6-14)16-17(21-7-10-25-11-8-21)19(24)22(18(16)23)12-15-2-1-9-26-15/h1-6,9H,7-8,10-12H2. The van der Waals surface area contributed by atoms with E-state index in [0.29, 0.717) is 48.9 Å². The maximum absolute atomic E-state index is 13.3. The molecule has 0 radical (unpaired) electrons. The number of amides is 2. The minimum absolute atomic E-state index is 0.0587. The molecule has 1 saturated heterocycles. The summed E-state index contributed by atoms with van der Waals surface area (Å²) in [6.07, 6.45) is 1.50. The van der Waals surface area contributed by atoms with Gasteiger partial charge in [0, 0.05) is 13.1 Å². The van der Waals surface area contributed by atoms with Gasteiger partial charge in [-0.15, -0.1) is 0 Å². The van der Waals surface area contributed by atoms with Crippen LogP contribution in [0.2, 0.25) is 0 Å². The number of imide groups is 1. The lowest BCUT2D eigenvalue weighted by Crippen LogP contribution is -2.40. The fourth-order valence-electron chi connectivity index (χ4n) is 3.22. The Bertz CT molecular complexity index is 852. The van der Waals surface area contributed by atoms with Crippen LogP contribution in [-0.2, 0) is 20.9 Å². The molecule has 0 spiro atoms. The Balaban J connectivity index is 1.74. The van der Waals surface area contributed by atoms with E-state index in [1.165, 1.54) is 35.4 Å². The Morgan fingerprint density at radius 2 is 1.73 bits per heavy atom. The van der Waals surface area contributed by atoms with Gasteiger partial charge in [-0.1, -0.05) is 12.1 Å². The first kappa shape index (κ1) is 16.5. The van der Waals surface area contributed by atoms with Gasteiger partial charge in [0.15, 0.2) is 0 Å². The number of hydrogen-bond acceptors (Lipinski definition) is 5. The maximum atomic E-state index is 13.3. The van der Waals surface area contributed by atoms with Gasteiger partial charge >= 0.3 is 0 Å². The highest BCUT2D eigenvalue weighted by molar-refractivity contribution is 6.35. The summed E-state index contributed by atoms with van der Waals surface area (Å²) in [7, 11) is 0. The normalized spacial score (nSPS) is 18.2. The van der Waals surface area contributed by atoms with Gasteiger partial charge in [0.2, 0.25) is 0 Å². The molecular weight excluding hydrogens is 339 g/mol. The van der Waals surface area contributed by atoms with Crippen molar-refractivity contribution in [2.75, 3.05) is 26.3 Å². The van der Waals surface area contributed by atoms with Crippen LogP contribution >= 0.6 is 0 Å². The lowest BCUT2D eigenvalue weighted by Gasteiger charge is -2.29. The van der Waals surface area contributed by atoms with E-state index in [1.807, 2.05) is 4.90 Å². The van der Waals surface area contributed by atoms with Crippen molar-refractivity contribution in [2.24, 2.45) is 0 Å². The van der Waals surface area contributed by atoms with Gasteiger partial charge < -0.3 is 14.1 Å². The first-order valence-corrected chi connectivity index (χ1v) is 8.36. The van der Waals surface area contributed by atoms with Gasteiger partial charge in [-0.3, -0.25) is 14.5 Å². The molecule has 2 aliphatic rings. The number of morpholine rings is 1. The largest absolute Gasteiger partial charge is 0.467 e. The highest BCUT2D eigenvalue weighted by Gasteiger charge is 2.42. The average Bonchev–Trinajstić information content (AvgIpc) is 3.25. The zero-order valence-electron chi connectivity index (χ0n) is 14.0. The van der Waals surface area contributed by atoms with Crippen LogP contribution in [0.15, 0.2) is 52.8 Å². The first-order valence-electron chi connectivity index (χ1n) is 8.36. The molecule has 4 rings (SSSR count). The van der Waals surface area contributed by atoms with Crippen LogP contribution in [0.1, 0.15) is 11.3 Å². The van der Waals surface area contributed by atoms with E-state index in [2.05, 4.69) is 0 Å². The molecule has 6 nitrogen and oxygen atoms in total. The van der Waals surface area contributed by atoms with Crippen molar-refractivity contribution in [2.45, 2.75) is 6.54 Å². The van der Waals surface area contributed by atoms with E-state index in [9.17, 15) is 14.0 Å². The van der Waals surface area contributed by atoms with Crippen molar-refractivity contribution in [3.05, 3.63) is 65.5 Å². The third-order valence-electron chi connectivity index (χ3n) is 4.50. The first-order chi connectivity index (χ1) is 12.6. The fraction of sp³-hybridized carbons (Fsp3) is 0.263. The molecule has 0 saturated carbocycles. The summed E-state index contributed by atoms with van der Waals surface area (Å²) < 4.78 is 23.9. The molecule has 2 aromatic rings. The lowest BCUT2D eigenvalue weighted by atomic mass is 10.0.